The fourth-order valence-corrected chi connectivity index (χ4v) is 14.3. The van der Waals surface area contributed by atoms with Crippen molar-refractivity contribution in [2.75, 3.05) is 57.6 Å². The molecule has 4 aliphatic rings. The van der Waals surface area contributed by atoms with E-state index in [1.165, 1.54) is 89.9 Å². The number of amidine groups is 3. The minimum Gasteiger partial charge on any atom is -0.497 e. The van der Waals surface area contributed by atoms with Gasteiger partial charge in [-0.05, 0) is 149 Å². The Labute approximate surface area is 595 Å². The van der Waals surface area contributed by atoms with E-state index >= 15 is 0 Å². The summed E-state index contributed by atoms with van der Waals surface area (Å²) in [5.74, 6) is 0.562. The molecule has 0 bridgehead atoms. The van der Waals surface area contributed by atoms with Gasteiger partial charge in [0.05, 0.1) is 78.3 Å². The molecule has 7 aromatic rings. The Morgan fingerprint density at radius 1 is 0.620 bits per heavy atom. The Morgan fingerprint density at radius 3 is 1.90 bits per heavy atom. The molecule has 0 fully saturated rings. The number of carbonyl (C=O) groups excluding carboxylic acids is 6. The Hall–Kier alpha value is -9.48. The summed E-state index contributed by atoms with van der Waals surface area (Å²) in [5.41, 5.74) is 8.28. The lowest BCUT2D eigenvalue weighted by Gasteiger charge is -2.25. The van der Waals surface area contributed by atoms with Gasteiger partial charge < -0.3 is 14.2 Å². The van der Waals surface area contributed by atoms with E-state index in [-0.39, 0.29) is 59.0 Å². The number of nitrogens with one attached hydrogen (secondary N) is 1. The lowest BCUT2D eigenvalue weighted by molar-refractivity contribution is -0.119. The summed E-state index contributed by atoms with van der Waals surface area (Å²) in [4.78, 5) is 82.1. The number of sulfonamides is 1. The number of para-hydroxylation sites is 1. The standard InChI is InChI=1S/C35H44N4O5S.C23H27N3O4.C18H15Cl2N3O2/c1-5-6-7-8-9-10-11-12-13-14-20-36-45(42,43)30-19-18-28-33-26(30)16-15-17-27(33)35(41)38(28)31-23-32(40)39(37-31)34-25(3)21-24(2)22-29(34)44-4;1-7-20(27)25(18-11-9-8-10-14(18)2)22-16(4)23(28)26(24-22)21-15(3)12-17(29-5)13-19(21)30-6;1-11-3-8-16(15(20)9-11)22(12(2)24)17-10-18(25)23(21-17)14-6-4-13(19)5-7-14/h15-19,21-22,36H,5-14,20,23H2,1-4H3;8-13,16H,7H2,1-6H3;3-9H,10H2,1-2H3. The van der Waals surface area contributed by atoms with Gasteiger partial charge >= 0.3 is 0 Å². The molecule has 0 saturated heterocycles. The SMILES string of the molecule is CC(=O)N(C1=NN(c2ccc(Cl)cc2)C(=O)C1)c1ccc(C)cc1Cl.CCC(=O)N(C1=NN(c2c(C)cc(OC)cc2OC)C(=O)C1C)c1ccccc1C.CCCCCCCCCCCCNS(=O)(=O)c1ccc2c3c(cccc13)C(=O)N2C1=NN(c2c(C)cc(C)cc2OC)C(=O)C1. The van der Waals surface area contributed by atoms with Crippen LogP contribution in [0, 0.1) is 40.5 Å². The minimum absolute atomic E-state index is 0.00636. The fourth-order valence-electron chi connectivity index (χ4n) is 12.6. The molecule has 0 saturated carbocycles. The van der Waals surface area contributed by atoms with Crippen LogP contribution in [0.25, 0.3) is 10.8 Å². The van der Waals surface area contributed by atoms with Gasteiger partial charge in [-0.1, -0.05) is 137 Å². The number of hydrazone groups is 3. The first-order valence-electron chi connectivity index (χ1n) is 33.6. The van der Waals surface area contributed by atoms with Crippen LogP contribution >= 0.6 is 23.2 Å². The maximum atomic E-state index is 13.7. The van der Waals surface area contributed by atoms with E-state index in [1.54, 1.807) is 99.7 Å². The highest BCUT2D eigenvalue weighted by Gasteiger charge is 2.43. The molecule has 1 unspecified atom stereocenters. The third kappa shape index (κ3) is 16.4. The van der Waals surface area contributed by atoms with E-state index < -0.39 is 15.9 Å². The normalized spacial score (nSPS) is 14.8. The molecule has 1 atom stereocenters. The summed E-state index contributed by atoms with van der Waals surface area (Å²) in [7, 11) is 0.838. The number of ether oxygens (including phenoxy) is 3. The third-order valence-corrected chi connectivity index (χ3v) is 19.7. The van der Waals surface area contributed by atoms with Crippen molar-refractivity contribution in [3.63, 3.8) is 0 Å². The first-order chi connectivity index (χ1) is 47.9. The fraction of sp³-hybridized carbons (Fsp3) is 0.355. The van der Waals surface area contributed by atoms with Crippen molar-refractivity contribution in [1.29, 1.82) is 0 Å². The molecular weight excluding hydrogens is 1330 g/mol. The Morgan fingerprint density at radius 2 is 1.26 bits per heavy atom. The zero-order valence-electron chi connectivity index (χ0n) is 58.7. The largest absolute Gasteiger partial charge is 0.497 e. The maximum absolute atomic E-state index is 13.7. The van der Waals surface area contributed by atoms with Crippen molar-refractivity contribution in [3.8, 4) is 17.2 Å². The molecule has 1 N–H and O–H groups in total. The van der Waals surface area contributed by atoms with Gasteiger partial charge in [-0.15, -0.1) is 0 Å². The Kier molecular flexibility index (Phi) is 24.8. The number of anilines is 6. The quantitative estimate of drug-likeness (QED) is 0.0627. The van der Waals surface area contributed by atoms with Crippen molar-refractivity contribution in [3.05, 3.63) is 165 Å². The number of hydrogen-bond donors (Lipinski definition) is 1. The molecule has 21 nitrogen and oxygen atoms in total. The lowest BCUT2D eigenvalue weighted by Crippen LogP contribution is -2.40. The summed E-state index contributed by atoms with van der Waals surface area (Å²) >= 11 is 12.2. The monoisotopic (exact) mass is 1420 g/mol. The van der Waals surface area contributed by atoms with Crippen LogP contribution in [0.4, 0.5) is 34.1 Å². The van der Waals surface area contributed by atoms with Crippen LogP contribution in [0.5, 0.6) is 17.2 Å². The summed E-state index contributed by atoms with van der Waals surface area (Å²) in [6, 6.07) is 35.3. The predicted octanol–water partition coefficient (Wildman–Crippen LogP) is 15.8. The summed E-state index contributed by atoms with van der Waals surface area (Å²) in [5, 5.41) is 19.5. The van der Waals surface area contributed by atoms with E-state index in [9.17, 15) is 37.2 Å². The molecule has 526 valence electrons. The number of methoxy groups -OCH3 is 3. The Balaban J connectivity index is 0.000000184. The maximum Gasteiger partial charge on any atom is 0.264 e. The molecule has 0 aliphatic carbocycles. The third-order valence-electron chi connectivity index (χ3n) is 17.6. The number of carbonyl (C=O) groups is 6. The second kappa shape index (κ2) is 33.1. The van der Waals surface area contributed by atoms with Crippen LogP contribution in [0.1, 0.15) is 149 Å². The van der Waals surface area contributed by atoms with Crippen LogP contribution < -0.4 is 48.7 Å². The summed E-state index contributed by atoms with van der Waals surface area (Å²) < 4.78 is 46.0. The summed E-state index contributed by atoms with van der Waals surface area (Å²) in [6.45, 7) is 17.1. The van der Waals surface area contributed by atoms with E-state index in [1.807, 2.05) is 83.1 Å². The van der Waals surface area contributed by atoms with Crippen LogP contribution in [0.3, 0.4) is 0 Å². The molecule has 0 radical (unpaired) electrons. The van der Waals surface area contributed by atoms with Gasteiger partial charge in [-0.3, -0.25) is 43.5 Å². The molecule has 4 heterocycles. The highest BCUT2D eigenvalue weighted by molar-refractivity contribution is 7.89. The van der Waals surface area contributed by atoms with Crippen LogP contribution in [-0.2, 0) is 34.0 Å². The first-order valence-corrected chi connectivity index (χ1v) is 35.8. The van der Waals surface area contributed by atoms with Gasteiger partial charge in [-0.2, -0.15) is 30.3 Å². The summed E-state index contributed by atoms with van der Waals surface area (Å²) in [6.07, 6.45) is 12.0. The molecular formula is C76H86Cl2N10O11S. The number of aryl methyl sites for hydroxylation is 5. The van der Waals surface area contributed by atoms with Gasteiger partial charge in [-0.25, -0.2) is 13.1 Å². The first kappa shape index (κ1) is 74.7. The van der Waals surface area contributed by atoms with Crippen molar-refractivity contribution in [1.82, 2.24) is 4.72 Å². The molecule has 0 aromatic heterocycles. The van der Waals surface area contributed by atoms with Gasteiger partial charge in [0.2, 0.25) is 21.8 Å². The van der Waals surface area contributed by atoms with Crippen molar-refractivity contribution in [2.24, 2.45) is 21.2 Å². The molecule has 7 aromatic carbocycles. The van der Waals surface area contributed by atoms with E-state index in [0.717, 1.165) is 52.8 Å². The van der Waals surface area contributed by atoms with Gasteiger partial charge in [0.1, 0.15) is 46.1 Å². The highest BCUT2D eigenvalue weighted by Crippen LogP contribution is 2.44. The number of rotatable bonds is 22. The smallest absolute Gasteiger partial charge is 0.264 e. The average molecular weight is 1420 g/mol. The molecule has 100 heavy (non-hydrogen) atoms. The van der Waals surface area contributed by atoms with Gasteiger partial charge in [0, 0.05) is 41.8 Å². The number of nitrogens with zero attached hydrogens (tertiary/aromatic N) is 9. The Bertz CT molecular complexity index is 4500. The molecule has 24 heteroatoms. The lowest BCUT2D eigenvalue weighted by atomic mass is 10.1. The second-order valence-corrected chi connectivity index (χ2v) is 27.5. The highest BCUT2D eigenvalue weighted by atomic mass is 35.5. The van der Waals surface area contributed by atoms with E-state index in [2.05, 4.69) is 27.0 Å². The van der Waals surface area contributed by atoms with Crippen molar-refractivity contribution < 1.29 is 51.4 Å². The van der Waals surface area contributed by atoms with Crippen LogP contribution in [0.15, 0.2) is 142 Å². The topological polar surface area (TPSA) is 233 Å². The second-order valence-electron chi connectivity index (χ2n) is 24.9. The van der Waals surface area contributed by atoms with Crippen molar-refractivity contribution in [2.45, 2.75) is 151 Å². The number of amides is 6. The number of benzene rings is 7. The minimum atomic E-state index is -3.81. The molecule has 11 rings (SSSR count). The van der Waals surface area contributed by atoms with Gasteiger partial charge in [0.15, 0.2) is 0 Å². The molecule has 0 spiro atoms. The predicted molar refractivity (Wildman–Crippen MR) is 397 cm³/mol. The number of halogens is 2. The van der Waals surface area contributed by atoms with Gasteiger partial charge in [0.25, 0.3) is 23.6 Å². The number of hydrogen-bond acceptors (Lipinski definition) is 14. The zero-order valence-corrected chi connectivity index (χ0v) is 61.0. The molecule has 6 amide bonds. The molecule has 4 aliphatic heterocycles. The van der Waals surface area contributed by atoms with Crippen molar-refractivity contribution >= 4 is 131 Å². The number of unbranched alkanes of at least 4 members (excludes halogenated alkanes) is 9. The zero-order chi connectivity index (χ0) is 72.3. The van der Waals surface area contributed by atoms with Crippen LogP contribution in [0.2, 0.25) is 10.0 Å². The van der Waals surface area contributed by atoms with E-state index in [0.29, 0.717) is 96.7 Å². The van der Waals surface area contributed by atoms with Crippen LogP contribution in [-0.4, -0.2) is 89.2 Å². The average Bonchev–Trinajstić information content (AvgIpc) is 1.56. The van der Waals surface area contributed by atoms with E-state index in [4.69, 9.17) is 37.4 Å².